The van der Waals surface area contributed by atoms with Gasteiger partial charge in [-0.15, -0.1) is 0 Å². The number of hydrogen-bond donors (Lipinski definition) is 1. The number of halogens is 3. The van der Waals surface area contributed by atoms with E-state index >= 15 is 0 Å². The Labute approximate surface area is 149 Å². The number of aliphatic hydroxyl groups is 1. The highest BCUT2D eigenvalue weighted by Crippen LogP contribution is 2.49. The van der Waals surface area contributed by atoms with E-state index in [2.05, 4.69) is 5.10 Å². The highest BCUT2D eigenvalue weighted by molar-refractivity contribution is 5.95. The van der Waals surface area contributed by atoms with Crippen LogP contribution >= 0.6 is 0 Å². The first-order valence-corrected chi connectivity index (χ1v) is 8.52. The maximum absolute atomic E-state index is 13.8. The lowest BCUT2D eigenvalue weighted by atomic mass is 9.75. The zero-order valence-corrected chi connectivity index (χ0v) is 14.6. The van der Waals surface area contributed by atoms with E-state index in [0.29, 0.717) is 24.2 Å². The molecule has 0 aromatic heterocycles. The summed E-state index contributed by atoms with van der Waals surface area (Å²) in [6.07, 6.45) is -3.87. The monoisotopic (exact) mass is 370 g/mol. The fraction of sp³-hybridized carbons (Fsp3) is 0.556. The highest BCUT2D eigenvalue weighted by Gasteiger charge is 2.68. The van der Waals surface area contributed by atoms with Crippen LogP contribution in [0.25, 0.3) is 0 Å². The van der Waals surface area contributed by atoms with Crippen molar-refractivity contribution in [3.8, 4) is 5.75 Å². The molecule has 1 aliphatic carbocycles. The molecular formula is C18H21F3N2O3. The van der Waals surface area contributed by atoms with Gasteiger partial charge in [-0.05, 0) is 36.5 Å². The molecule has 0 unspecified atom stereocenters. The van der Waals surface area contributed by atoms with Gasteiger partial charge in [-0.25, -0.2) is 0 Å². The number of rotatable bonds is 3. The van der Waals surface area contributed by atoms with Gasteiger partial charge in [0.05, 0.1) is 19.4 Å². The van der Waals surface area contributed by atoms with Crippen molar-refractivity contribution < 1.29 is 27.8 Å². The second-order valence-electron chi connectivity index (χ2n) is 6.86. The van der Waals surface area contributed by atoms with Crippen molar-refractivity contribution in [3.63, 3.8) is 0 Å². The fourth-order valence-electron chi connectivity index (χ4n) is 3.74. The minimum Gasteiger partial charge on any atom is -0.497 e. The molecule has 8 heteroatoms. The van der Waals surface area contributed by atoms with Crippen LogP contribution < -0.4 is 4.74 Å². The number of carbonyl (C=O) groups excluding carboxylic acids is 1. The van der Waals surface area contributed by atoms with Gasteiger partial charge in [0.2, 0.25) is 5.91 Å². The van der Waals surface area contributed by atoms with Crippen LogP contribution in [0.15, 0.2) is 29.4 Å². The number of nitrogens with zero attached hydrogens (tertiary/aromatic N) is 2. The van der Waals surface area contributed by atoms with Gasteiger partial charge in [0, 0.05) is 5.71 Å². The van der Waals surface area contributed by atoms with Gasteiger partial charge in [-0.1, -0.05) is 25.5 Å². The number of fused-ring (bicyclic) bond motifs is 1. The standard InChI is InChI=1S/C18H21F3N2O3/c1-11-4-3-5-14-16(11)22-23(17(14,25)18(19,20)21)15(24)10-12-6-8-13(26-2)9-7-12/h6-9,11,14,25H,3-5,10H2,1-2H3/t11-,14+,17-/m1/s1. The predicted molar refractivity (Wildman–Crippen MR) is 88.5 cm³/mol. The molecule has 142 valence electrons. The van der Waals surface area contributed by atoms with Crippen LogP contribution in [0.5, 0.6) is 5.75 Å². The molecule has 1 heterocycles. The maximum Gasteiger partial charge on any atom is 0.439 e. The van der Waals surface area contributed by atoms with Crippen molar-refractivity contribution in [2.24, 2.45) is 16.9 Å². The quantitative estimate of drug-likeness (QED) is 0.889. The van der Waals surface area contributed by atoms with E-state index < -0.39 is 23.7 Å². The van der Waals surface area contributed by atoms with Crippen molar-refractivity contribution in [2.45, 2.75) is 44.5 Å². The Kier molecular flexibility index (Phi) is 4.72. The molecule has 26 heavy (non-hydrogen) atoms. The molecule has 1 aromatic carbocycles. The van der Waals surface area contributed by atoms with Crippen LogP contribution in [0.3, 0.4) is 0 Å². The molecule has 0 spiro atoms. The van der Waals surface area contributed by atoms with Gasteiger partial charge in [-0.2, -0.15) is 23.3 Å². The summed E-state index contributed by atoms with van der Waals surface area (Å²) in [7, 11) is 1.49. The lowest BCUT2D eigenvalue weighted by Gasteiger charge is -2.39. The summed E-state index contributed by atoms with van der Waals surface area (Å²) >= 11 is 0. The third kappa shape index (κ3) is 2.96. The van der Waals surface area contributed by atoms with E-state index in [1.165, 1.54) is 7.11 Å². The van der Waals surface area contributed by atoms with Crippen LogP contribution in [0.1, 0.15) is 31.7 Å². The number of ether oxygens (including phenoxy) is 1. The molecule has 0 saturated heterocycles. The zero-order valence-electron chi connectivity index (χ0n) is 14.6. The molecule has 1 amide bonds. The molecule has 3 rings (SSSR count). The van der Waals surface area contributed by atoms with E-state index in [9.17, 15) is 23.1 Å². The van der Waals surface area contributed by atoms with Gasteiger partial charge < -0.3 is 9.84 Å². The summed E-state index contributed by atoms with van der Waals surface area (Å²) < 4.78 is 46.3. The molecule has 0 bridgehead atoms. The second-order valence-corrected chi connectivity index (χ2v) is 6.86. The van der Waals surface area contributed by atoms with Crippen LogP contribution in [-0.2, 0) is 11.2 Å². The van der Waals surface area contributed by atoms with Crippen LogP contribution in [0.2, 0.25) is 0 Å². The van der Waals surface area contributed by atoms with Crippen molar-refractivity contribution in [3.05, 3.63) is 29.8 Å². The Bertz CT molecular complexity index is 717. The van der Waals surface area contributed by atoms with E-state index in [1.54, 1.807) is 31.2 Å². The lowest BCUT2D eigenvalue weighted by Crippen LogP contribution is -2.62. The largest absolute Gasteiger partial charge is 0.497 e. The van der Waals surface area contributed by atoms with Gasteiger partial charge >= 0.3 is 6.18 Å². The van der Waals surface area contributed by atoms with Crippen LogP contribution in [0.4, 0.5) is 13.2 Å². The molecule has 1 aliphatic heterocycles. The number of carbonyl (C=O) groups is 1. The van der Waals surface area contributed by atoms with E-state index in [1.807, 2.05) is 0 Å². The first kappa shape index (κ1) is 18.7. The van der Waals surface area contributed by atoms with Gasteiger partial charge in [0.1, 0.15) is 5.75 Å². The summed E-state index contributed by atoms with van der Waals surface area (Å²) in [4.78, 5) is 12.6. The molecule has 5 nitrogen and oxygen atoms in total. The number of benzene rings is 1. The Morgan fingerprint density at radius 1 is 1.35 bits per heavy atom. The molecule has 1 aromatic rings. The summed E-state index contributed by atoms with van der Waals surface area (Å²) in [6, 6.07) is 6.44. The Hall–Kier alpha value is -2.09. The highest BCUT2D eigenvalue weighted by atomic mass is 19.4. The van der Waals surface area contributed by atoms with Gasteiger partial charge in [0.25, 0.3) is 5.72 Å². The fourth-order valence-corrected chi connectivity index (χ4v) is 3.74. The van der Waals surface area contributed by atoms with E-state index in [-0.39, 0.29) is 29.5 Å². The van der Waals surface area contributed by atoms with Gasteiger partial charge in [-0.3, -0.25) is 4.79 Å². The van der Waals surface area contributed by atoms with E-state index in [0.717, 1.165) is 0 Å². The summed E-state index contributed by atoms with van der Waals surface area (Å²) in [6.45, 7) is 1.78. The molecular weight excluding hydrogens is 349 g/mol. The Balaban J connectivity index is 1.90. The summed E-state index contributed by atoms with van der Waals surface area (Å²) in [5, 5.41) is 14.8. The minimum absolute atomic E-state index is 0.158. The number of hydrazone groups is 1. The first-order chi connectivity index (χ1) is 12.2. The van der Waals surface area contributed by atoms with Crippen molar-refractivity contribution >= 4 is 11.6 Å². The van der Waals surface area contributed by atoms with Crippen molar-refractivity contribution in [2.75, 3.05) is 7.11 Å². The van der Waals surface area contributed by atoms with Crippen molar-refractivity contribution in [1.82, 2.24) is 5.01 Å². The topological polar surface area (TPSA) is 62.1 Å². The smallest absolute Gasteiger partial charge is 0.439 e. The predicted octanol–water partition coefficient (Wildman–Crippen LogP) is 3.12. The van der Waals surface area contributed by atoms with Crippen LogP contribution in [-0.4, -0.2) is 40.7 Å². The number of methoxy groups -OCH3 is 1. The van der Waals surface area contributed by atoms with E-state index in [4.69, 9.17) is 4.74 Å². The average molecular weight is 370 g/mol. The SMILES string of the molecule is COc1ccc(CC(=O)N2N=C3[C@H](C)CCC[C@@H]3[C@@]2(O)C(F)(F)F)cc1. The minimum atomic E-state index is -4.99. The normalized spacial score (nSPS) is 28.5. The zero-order chi connectivity index (χ0) is 19.1. The average Bonchev–Trinajstić information content (AvgIpc) is 2.91. The first-order valence-electron chi connectivity index (χ1n) is 8.52. The Morgan fingerprint density at radius 2 is 2.00 bits per heavy atom. The molecule has 1 saturated carbocycles. The van der Waals surface area contributed by atoms with Crippen LogP contribution in [0, 0.1) is 11.8 Å². The molecule has 1 fully saturated rings. The third-order valence-corrected chi connectivity index (χ3v) is 5.18. The number of hydrogen-bond acceptors (Lipinski definition) is 4. The molecule has 2 aliphatic rings. The number of amides is 1. The lowest BCUT2D eigenvalue weighted by molar-refractivity contribution is -0.317. The third-order valence-electron chi connectivity index (χ3n) is 5.18. The number of alkyl halides is 3. The Morgan fingerprint density at radius 3 is 2.58 bits per heavy atom. The second kappa shape index (κ2) is 6.57. The summed E-state index contributed by atoms with van der Waals surface area (Å²) in [5.74, 6) is -1.70. The summed E-state index contributed by atoms with van der Waals surface area (Å²) in [5.41, 5.74) is -2.50. The molecule has 3 atom stereocenters. The van der Waals surface area contributed by atoms with Gasteiger partial charge in [0.15, 0.2) is 0 Å². The molecule has 0 radical (unpaired) electrons. The van der Waals surface area contributed by atoms with Crippen molar-refractivity contribution in [1.29, 1.82) is 0 Å². The molecule has 1 N–H and O–H groups in total. The maximum atomic E-state index is 13.8.